The number of anilines is 1. The molecule has 0 aliphatic rings. The van der Waals surface area contributed by atoms with E-state index < -0.39 is 15.9 Å². The number of hydroxylamine groups is 1. The van der Waals surface area contributed by atoms with Crippen molar-refractivity contribution in [3.05, 3.63) is 89.0 Å². The standard InChI is InChI=1S/C23H21ClN2O6S/c1-31-21-11-9-17(13-22(21)32-2)33(29,30)26-16-8-10-20(24)19(12-16)18(14-23(27)25-28)15-6-4-3-5-7-15/h3-14,26,28H,1-2H3,(H,25,27)/b18-14-. The van der Waals surface area contributed by atoms with Crippen LogP contribution in [0.3, 0.4) is 0 Å². The van der Waals surface area contributed by atoms with E-state index in [9.17, 15) is 13.2 Å². The molecule has 0 spiro atoms. The Bertz CT molecular complexity index is 1290. The number of hydrogen-bond donors (Lipinski definition) is 3. The van der Waals surface area contributed by atoms with Crippen LogP contribution in [0.5, 0.6) is 11.5 Å². The maximum atomic E-state index is 13.0. The normalized spacial score (nSPS) is 11.6. The van der Waals surface area contributed by atoms with Gasteiger partial charge >= 0.3 is 0 Å². The number of amides is 1. The van der Waals surface area contributed by atoms with Gasteiger partial charge in [0.2, 0.25) is 0 Å². The fourth-order valence-corrected chi connectivity index (χ4v) is 4.37. The van der Waals surface area contributed by atoms with Gasteiger partial charge in [-0.05, 0) is 41.5 Å². The van der Waals surface area contributed by atoms with Gasteiger partial charge in [0, 0.05) is 28.4 Å². The molecule has 10 heteroatoms. The third kappa shape index (κ3) is 5.64. The summed E-state index contributed by atoms with van der Waals surface area (Å²) in [6.07, 6.45) is 1.17. The Balaban J connectivity index is 2.03. The van der Waals surface area contributed by atoms with Crippen molar-refractivity contribution in [2.75, 3.05) is 18.9 Å². The predicted molar refractivity (Wildman–Crippen MR) is 125 cm³/mol. The molecule has 0 fully saturated rings. The lowest BCUT2D eigenvalue weighted by atomic mass is 9.97. The summed E-state index contributed by atoms with van der Waals surface area (Å²) in [7, 11) is -1.12. The fraction of sp³-hybridized carbons (Fsp3) is 0.0870. The minimum atomic E-state index is -3.99. The van der Waals surface area contributed by atoms with Crippen LogP contribution in [0.4, 0.5) is 5.69 Å². The van der Waals surface area contributed by atoms with Gasteiger partial charge in [-0.2, -0.15) is 0 Å². The molecule has 0 bridgehead atoms. The molecule has 0 unspecified atom stereocenters. The number of nitrogens with one attached hydrogen (secondary N) is 2. The smallest absolute Gasteiger partial charge is 0.267 e. The average Bonchev–Trinajstić information content (AvgIpc) is 2.83. The summed E-state index contributed by atoms with van der Waals surface area (Å²) < 4.78 is 38.8. The molecule has 0 aliphatic heterocycles. The molecular formula is C23H21ClN2O6S. The van der Waals surface area contributed by atoms with E-state index in [0.29, 0.717) is 22.4 Å². The molecule has 8 nitrogen and oxygen atoms in total. The highest BCUT2D eigenvalue weighted by atomic mass is 35.5. The van der Waals surface area contributed by atoms with Gasteiger partial charge in [-0.3, -0.25) is 14.7 Å². The van der Waals surface area contributed by atoms with Crippen LogP contribution in [0.1, 0.15) is 11.1 Å². The summed E-state index contributed by atoms with van der Waals surface area (Å²) in [6, 6.07) is 17.6. The summed E-state index contributed by atoms with van der Waals surface area (Å²) in [5, 5.41) is 9.25. The summed E-state index contributed by atoms with van der Waals surface area (Å²) in [6.45, 7) is 0. The van der Waals surface area contributed by atoms with E-state index >= 15 is 0 Å². The lowest BCUT2D eigenvalue weighted by Crippen LogP contribution is -2.16. The van der Waals surface area contributed by atoms with E-state index in [1.807, 2.05) is 6.07 Å². The molecule has 172 valence electrons. The van der Waals surface area contributed by atoms with Crippen LogP contribution in [0.2, 0.25) is 5.02 Å². The molecule has 0 atom stereocenters. The second-order valence-electron chi connectivity index (χ2n) is 6.72. The Labute approximate surface area is 196 Å². The fourth-order valence-electron chi connectivity index (χ4n) is 3.09. The molecular weight excluding hydrogens is 468 g/mol. The number of sulfonamides is 1. The first-order valence-electron chi connectivity index (χ1n) is 9.55. The Morgan fingerprint density at radius 1 is 0.970 bits per heavy atom. The first-order valence-corrected chi connectivity index (χ1v) is 11.4. The lowest BCUT2D eigenvalue weighted by molar-refractivity contribution is -0.124. The SMILES string of the molecule is COc1ccc(S(=O)(=O)Nc2ccc(Cl)c(/C(=C\C(=O)NO)c3ccccc3)c2)cc1OC. The maximum Gasteiger partial charge on any atom is 0.267 e. The summed E-state index contributed by atoms with van der Waals surface area (Å²) in [5.74, 6) is -0.104. The van der Waals surface area contributed by atoms with Crippen molar-refractivity contribution in [3.8, 4) is 11.5 Å². The van der Waals surface area contributed by atoms with Crippen LogP contribution >= 0.6 is 11.6 Å². The zero-order chi connectivity index (χ0) is 24.0. The zero-order valence-corrected chi connectivity index (χ0v) is 19.3. The van der Waals surface area contributed by atoms with Crippen molar-refractivity contribution in [3.63, 3.8) is 0 Å². The monoisotopic (exact) mass is 488 g/mol. The number of halogens is 1. The van der Waals surface area contributed by atoms with Crippen LogP contribution in [-0.4, -0.2) is 33.8 Å². The van der Waals surface area contributed by atoms with E-state index in [4.69, 9.17) is 26.3 Å². The number of ether oxygens (including phenoxy) is 2. The van der Waals surface area contributed by atoms with Gasteiger partial charge in [0.25, 0.3) is 15.9 Å². The zero-order valence-electron chi connectivity index (χ0n) is 17.7. The van der Waals surface area contributed by atoms with Gasteiger partial charge in [-0.15, -0.1) is 0 Å². The van der Waals surface area contributed by atoms with Gasteiger partial charge in [-0.25, -0.2) is 13.9 Å². The number of methoxy groups -OCH3 is 2. The largest absolute Gasteiger partial charge is 0.493 e. The second kappa shape index (κ2) is 10.4. The molecule has 0 saturated heterocycles. The topological polar surface area (TPSA) is 114 Å². The van der Waals surface area contributed by atoms with Crippen molar-refractivity contribution in [1.29, 1.82) is 0 Å². The molecule has 3 rings (SSSR count). The Hall–Kier alpha value is -3.53. The molecule has 0 saturated carbocycles. The van der Waals surface area contributed by atoms with Crippen LogP contribution in [-0.2, 0) is 14.8 Å². The Morgan fingerprint density at radius 2 is 1.67 bits per heavy atom. The van der Waals surface area contributed by atoms with Crippen LogP contribution in [0, 0.1) is 0 Å². The number of carbonyl (C=O) groups excluding carboxylic acids is 1. The predicted octanol–water partition coefficient (Wildman–Crippen LogP) is 4.10. The van der Waals surface area contributed by atoms with Gasteiger partial charge in [-0.1, -0.05) is 41.9 Å². The van der Waals surface area contributed by atoms with Crippen molar-refractivity contribution >= 4 is 38.8 Å². The van der Waals surface area contributed by atoms with E-state index in [-0.39, 0.29) is 21.4 Å². The van der Waals surface area contributed by atoms with E-state index in [2.05, 4.69) is 4.72 Å². The number of hydrogen-bond acceptors (Lipinski definition) is 6. The van der Waals surface area contributed by atoms with Crippen LogP contribution in [0.25, 0.3) is 5.57 Å². The molecule has 3 N–H and O–H groups in total. The average molecular weight is 489 g/mol. The van der Waals surface area contributed by atoms with Gasteiger partial charge in [0.15, 0.2) is 11.5 Å². The third-order valence-electron chi connectivity index (χ3n) is 4.64. The van der Waals surface area contributed by atoms with Crippen LogP contribution in [0.15, 0.2) is 77.7 Å². The molecule has 0 radical (unpaired) electrons. The molecule has 3 aromatic rings. The third-order valence-corrected chi connectivity index (χ3v) is 6.35. The molecule has 1 amide bonds. The molecule has 33 heavy (non-hydrogen) atoms. The number of carbonyl (C=O) groups is 1. The van der Waals surface area contributed by atoms with E-state index in [0.717, 1.165) is 0 Å². The maximum absolute atomic E-state index is 13.0. The number of benzene rings is 3. The Kier molecular flexibility index (Phi) is 7.59. The highest BCUT2D eigenvalue weighted by molar-refractivity contribution is 7.92. The summed E-state index contributed by atoms with van der Waals surface area (Å²) >= 11 is 6.39. The number of rotatable bonds is 8. The summed E-state index contributed by atoms with van der Waals surface area (Å²) in [4.78, 5) is 11.8. The highest BCUT2D eigenvalue weighted by Gasteiger charge is 2.19. The lowest BCUT2D eigenvalue weighted by Gasteiger charge is -2.15. The molecule has 0 aromatic heterocycles. The summed E-state index contributed by atoms with van der Waals surface area (Å²) in [5.41, 5.74) is 3.19. The second-order valence-corrected chi connectivity index (χ2v) is 8.81. The van der Waals surface area contributed by atoms with E-state index in [1.165, 1.54) is 56.7 Å². The van der Waals surface area contributed by atoms with Crippen LogP contribution < -0.4 is 19.7 Å². The highest BCUT2D eigenvalue weighted by Crippen LogP contribution is 2.33. The van der Waals surface area contributed by atoms with Gasteiger partial charge in [0.05, 0.1) is 19.1 Å². The van der Waals surface area contributed by atoms with Crippen molar-refractivity contribution in [2.45, 2.75) is 4.90 Å². The minimum absolute atomic E-state index is 0.0323. The molecule has 3 aromatic carbocycles. The Morgan fingerprint density at radius 3 is 2.30 bits per heavy atom. The molecule has 0 aliphatic carbocycles. The van der Waals surface area contributed by atoms with Crippen molar-refractivity contribution in [1.82, 2.24) is 5.48 Å². The van der Waals surface area contributed by atoms with Gasteiger partial charge in [0.1, 0.15) is 0 Å². The van der Waals surface area contributed by atoms with Crippen molar-refractivity contribution in [2.24, 2.45) is 0 Å². The minimum Gasteiger partial charge on any atom is -0.493 e. The first-order chi connectivity index (χ1) is 15.8. The van der Waals surface area contributed by atoms with E-state index in [1.54, 1.807) is 29.7 Å². The van der Waals surface area contributed by atoms with Crippen molar-refractivity contribution < 1.29 is 27.9 Å². The first kappa shape index (κ1) is 24.1. The molecule has 0 heterocycles. The quantitative estimate of drug-likeness (QED) is 0.250. The van der Waals surface area contributed by atoms with Gasteiger partial charge < -0.3 is 9.47 Å².